The first-order valence-corrected chi connectivity index (χ1v) is 16.3. The number of sulfonamides is 1. The molecule has 0 saturated heterocycles. The third-order valence-electron chi connectivity index (χ3n) is 6.42. The number of anilines is 1. The third kappa shape index (κ3) is 9.92. The molecule has 0 aliphatic heterocycles. The van der Waals surface area contributed by atoms with Gasteiger partial charge in [-0.25, -0.2) is 8.42 Å². The van der Waals surface area contributed by atoms with Crippen molar-refractivity contribution < 1.29 is 18.0 Å². The minimum Gasteiger partial charge on any atom is -0.354 e. The molecule has 3 aromatic carbocycles. The van der Waals surface area contributed by atoms with Gasteiger partial charge in [0, 0.05) is 47.5 Å². The Morgan fingerprint density at radius 2 is 1.63 bits per heavy atom. The van der Waals surface area contributed by atoms with Crippen LogP contribution >= 0.6 is 34.8 Å². The number of rotatable bonds is 14. The van der Waals surface area contributed by atoms with Crippen molar-refractivity contribution >= 4 is 62.3 Å². The number of amides is 2. The number of nitrogens with zero attached hydrogens (tertiary/aromatic N) is 2. The molecule has 0 fully saturated rings. The first-order valence-electron chi connectivity index (χ1n) is 13.3. The van der Waals surface area contributed by atoms with Crippen LogP contribution in [0.5, 0.6) is 0 Å². The van der Waals surface area contributed by atoms with Crippen molar-refractivity contribution in [3.05, 3.63) is 99.0 Å². The van der Waals surface area contributed by atoms with E-state index in [-0.39, 0.29) is 37.7 Å². The van der Waals surface area contributed by atoms with E-state index in [2.05, 4.69) is 5.32 Å². The Morgan fingerprint density at radius 3 is 2.27 bits per heavy atom. The maximum absolute atomic E-state index is 13.8. The topological polar surface area (TPSA) is 86.8 Å². The van der Waals surface area contributed by atoms with E-state index in [1.165, 1.54) is 9.21 Å². The van der Waals surface area contributed by atoms with Crippen LogP contribution in [0.25, 0.3) is 0 Å². The number of benzene rings is 3. The monoisotopic (exact) mass is 637 g/mol. The van der Waals surface area contributed by atoms with Crippen LogP contribution in [0.4, 0.5) is 5.69 Å². The van der Waals surface area contributed by atoms with Gasteiger partial charge in [0.05, 0.1) is 11.9 Å². The van der Waals surface area contributed by atoms with Crippen LogP contribution in [0.1, 0.15) is 37.3 Å². The lowest BCUT2D eigenvalue weighted by molar-refractivity contribution is -0.141. The maximum atomic E-state index is 13.8. The van der Waals surface area contributed by atoms with Crippen LogP contribution in [0, 0.1) is 0 Å². The van der Waals surface area contributed by atoms with Crippen molar-refractivity contribution in [2.24, 2.45) is 0 Å². The lowest BCUT2D eigenvalue weighted by Crippen LogP contribution is -2.50. The lowest BCUT2D eigenvalue weighted by Gasteiger charge is -2.32. The van der Waals surface area contributed by atoms with Crippen molar-refractivity contribution in [2.75, 3.05) is 23.7 Å². The first-order chi connectivity index (χ1) is 19.5. The summed E-state index contributed by atoms with van der Waals surface area (Å²) in [6, 6.07) is 20.2. The summed E-state index contributed by atoms with van der Waals surface area (Å²) in [5, 5.41) is 4.17. The molecule has 3 aromatic rings. The van der Waals surface area contributed by atoms with Crippen molar-refractivity contribution in [1.82, 2.24) is 10.2 Å². The highest BCUT2D eigenvalue weighted by Crippen LogP contribution is 2.26. The standard InChI is InChI=1S/C30H34Cl3N3O4S/c1-3-16-34-30(38)28(18-22-9-5-4-6-10-22)35(21-23-14-15-25(32)20-27(23)33)29(37)13-8-17-36(41(2,39)40)26-12-7-11-24(31)19-26/h4-7,9-12,14-15,19-20,28H,3,8,13,16-18,21H2,1-2H3,(H,34,38)/t28-/m1/s1. The first kappa shape index (κ1) is 32.7. The SMILES string of the molecule is CCCNC(=O)[C@@H](Cc1ccccc1)N(Cc1ccc(Cl)cc1Cl)C(=O)CCCN(c1cccc(Cl)c1)S(C)(=O)=O. The predicted octanol–water partition coefficient (Wildman–Crippen LogP) is 6.36. The third-order valence-corrected chi connectivity index (χ3v) is 8.44. The summed E-state index contributed by atoms with van der Waals surface area (Å²) >= 11 is 18.7. The highest BCUT2D eigenvalue weighted by Gasteiger charge is 2.31. The van der Waals surface area contributed by atoms with Gasteiger partial charge < -0.3 is 10.2 Å². The molecule has 0 unspecified atom stereocenters. The summed E-state index contributed by atoms with van der Waals surface area (Å²) in [6.07, 6.45) is 2.37. The van der Waals surface area contributed by atoms with Crippen molar-refractivity contribution in [3.63, 3.8) is 0 Å². The zero-order chi connectivity index (χ0) is 30.0. The van der Waals surface area contributed by atoms with Crippen LogP contribution in [-0.2, 0) is 32.6 Å². The minimum atomic E-state index is -3.64. The van der Waals surface area contributed by atoms with E-state index in [1.54, 1.807) is 42.5 Å². The van der Waals surface area contributed by atoms with Gasteiger partial charge >= 0.3 is 0 Å². The van der Waals surface area contributed by atoms with Crippen molar-refractivity contribution in [1.29, 1.82) is 0 Å². The van der Waals surface area contributed by atoms with Gasteiger partial charge in [-0.05, 0) is 54.3 Å². The Kier molecular flexibility index (Phi) is 12.3. The van der Waals surface area contributed by atoms with Gasteiger partial charge in [-0.15, -0.1) is 0 Å². The molecule has 0 aromatic heterocycles. The Balaban J connectivity index is 1.90. The van der Waals surface area contributed by atoms with E-state index in [0.717, 1.165) is 18.2 Å². The Labute approximate surface area is 257 Å². The van der Waals surface area contributed by atoms with Crippen LogP contribution in [0.2, 0.25) is 15.1 Å². The van der Waals surface area contributed by atoms with Gasteiger partial charge in [0.2, 0.25) is 21.8 Å². The zero-order valence-corrected chi connectivity index (χ0v) is 26.1. The van der Waals surface area contributed by atoms with Crippen molar-refractivity contribution in [2.45, 2.75) is 45.2 Å². The fourth-order valence-electron chi connectivity index (χ4n) is 4.39. The molecule has 0 bridgehead atoms. The zero-order valence-electron chi connectivity index (χ0n) is 23.0. The van der Waals surface area contributed by atoms with Crippen LogP contribution in [0.3, 0.4) is 0 Å². The normalized spacial score (nSPS) is 12.0. The van der Waals surface area contributed by atoms with Gasteiger partial charge in [0.25, 0.3) is 0 Å². The minimum absolute atomic E-state index is 0.00411. The van der Waals surface area contributed by atoms with Crippen LogP contribution in [-0.4, -0.2) is 50.5 Å². The average molecular weight is 639 g/mol. The van der Waals surface area contributed by atoms with Gasteiger partial charge in [-0.2, -0.15) is 0 Å². The second-order valence-electron chi connectivity index (χ2n) is 9.67. The number of hydrogen-bond donors (Lipinski definition) is 1. The second kappa shape index (κ2) is 15.4. The number of hydrogen-bond acceptors (Lipinski definition) is 4. The maximum Gasteiger partial charge on any atom is 0.243 e. The Morgan fingerprint density at radius 1 is 0.927 bits per heavy atom. The predicted molar refractivity (Wildman–Crippen MR) is 167 cm³/mol. The smallest absolute Gasteiger partial charge is 0.243 e. The summed E-state index contributed by atoms with van der Waals surface area (Å²) < 4.78 is 26.4. The van der Waals surface area contributed by atoms with Gasteiger partial charge in [0.1, 0.15) is 6.04 Å². The molecular formula is C30H34Cl3N3O4S. The second-order valence-corrected chi connectivity index (χ2v) is 12.9. The fraction of sp³-hybridized carbons (Fsp3) is 0.333. The lowest BCUT2D eigenvalue weighted by atomic mass is 10.0. The Bertz CT molecular complexity index is 1440. The van der Waals surface area contributed by atoms with Crippen molar-refractivity contribution in [3.8, 4) is 0 Å². The number of nitrogens with one attached hydrogen (secondary N) is 1. The highest BCUT2D eigenvalue weighted by molar-refractivity contribution is 7.92. The molecule has 3 rings (SSSR count). The molecule has 0 heterocycles. The van der Waals surface area contributed by atoms with E-state index in [1.807, 2.05) is 37.3 Å². The molecule has 0 spiro atoms. The van der Waals surface area contributed by atoms with E-state index in [4.69, 9.17) is 34.8 Å². The molecule has 0 radical (unpaired) electrons. The molecule has 0 aliphatic rings. The van der Waals surface area contributed by atoms with Crippen LogP contribution < -0.4 is 9.62 Å². The van der Waals surface area contributed by atoms with Gasteiger partial charge in [-0.1, -0.05) is 84.2 Å². The van der Waals surface area contributed by atoms with E-state index in [0.29, 0.717) is 39.3 Å². The quantitative estimate of drug-likeness (QED) is 0.223. The number of carbonyl (C=O) groups is 2. The molecule has 1 N–H and O–H groups in total. The van der Waals surface area contributed by atoms with E-state index >= 15 is 0 Å². The summed E-state index contributed by atoms with van der Waals surface area (Å²) in [5.41, 5.74) is 1.95. The summed E-state index contributed by atoms with van der Waals surface area (Å²) in [5.74, 6) is -0.575. The fourth-order valence-corrected chi connectivity index (χ4v) is 6.00. The number of halogens is 3. The molecule has 0 aliphatic carbocycles. The summed E-state index contributed by atoms with van der Waals surface area (Å²) in [4.78, 5) is 28.8. The molecule has 1 atom stereocenters. The largest absolute Gasteiger partial charge is 0.354 e. The molecular weight excluding hydrogens is 605 g/mol. The molecule has 0 saturated carbocycles. The van der Waals surface area contributed by atoms with Gasteiger partial charge in [0.15, 0.2) is 0 Å². The van der Waals surface area contributed by atoms with Gasteiger partial charge in [-0.3, -0.25) is 13.9 Å². The molecule has 220 valence electrons. The molecule has 41 heavy (non-hydrogen) atoms. The summed E-state index contributed by atoms with van der Waals surface area (Å²) in [7, 11) is -3.64. The molecule has 2 amide bonds. The molecule has 7 nitrogen and oxygen atoms in total. The number of carbonyl (C=O) groups excluding carboxylic acids is 2. The van der Waals surface area contributed by atoms with Crippen LogP contribution in [0.15, 0.2) is 72.8 Å². The van der Waals surface area contributed by atoms with E-state index in [9.17, 15) is 18.0 Å². The molecule has 11 heteroatoms. The Hall–Kier alpha value is -2.78. The average Bonchev–Trinajstić information content (AvgIpc) is 2.92. The highest BCUT2D eigenvalue weighted by atomic mass is 35.5. The summed E-state index contributed by atoms with van der Waals surface area (Å²) in [6.45, 7) is 2.56. The van der Waals surface area contributed by atoms with E-state index < -0.39 is 16.1 Å².